The van der Waals surface area contributed by atoms with Gasteiger partial charge >= 0.3 is 0 Å². The maximum atomic E-state index is 11.8. The van der Waals surface area contributed by atoms with Crippen LogP contribution in [0.5, 0.6) is 0 Å². The number of nitrogen functional groups attached to an aromatic ring is 1. The van der Waals surface area contributed by atoms with Crippen molar-refractivity contribution < 1.29 is 4.79 Å². The van der Waals surface area contributed by atoms with Crippen molar-refractivity contribution in [1.29, 1.82) is 0 Å². The highest BCUT2D eigenvalue weighted by molar-refractivity contribution is 8.00. The summed E-state index contributed by atoms with van der Waals surface area (Å²) in [6.07, 6.45) is 0. The fourth-order valence-corrected chi connectivity index (χ4v) is 2.27. The Morgan fingerprint density at radius 1 is 1.39 bits per heavy atom. The number of rotatable bonds is 5. The van der Waals surface area contributed by atoms with E-state index in [-0.39, 0.29) is 11.9 Å². The summed E-state index contributed by atoms with van der Waals surface area (Å²) in [6, 6.07) is 6.00. The Bertz CT molecular complexity index is 418. The molecule has 0 saturated heterocycles. The van der Waals surface area contributed by atoms with Gasteiger partial charge in [-0.3, -0.25) is 4.79 Å². The Kier molecular flexibility index (Phi) is 5.54. The molecular weight excluding hydrogens is 244 g/mol. The molecule has 1 aromatic rings. The molecule has 0 aliphatic rings. The van der Waals surface area contributed by atoms with Crippen LogP contribution in [0.3, 0.4) is 0 Å². The Morgan fingerprint density at radius 2 is 2.06 bits per heavy atom. The van der Waals surface area contributed by atoms with E-state index in [1.807, 2.05) is 32.0 Å². The zero-order valence-electron chi connectivity index (χ0n) is 11.5. The summed E-state index contributed by atoms with van der Waals surface area (Å²) in [5, 5.41) is 2.99. The van der Waals surface area contributed by atoms with E-state index in [1.54, 1.807) is 0 Å². The van der Waals surface area contributed by atoms with E-state index in [0.717, 1.165) is 16.1 Å². The standard InChI is InChI=1S/C14H22N2OS/c1-9(2)11(4)16-14(17)8-18-13-7-5-6-12(15)10(13)3/h5-7,9,11H,8,15H2,1-4H3,(H,16,17). The van der Waals surface area contributed by atoms with Crippen LogP contribution in [0.25, 0.3) is 0 Å². The first-order chi connectivity index (χ1) is 8.41. The Balaban J connectivity index is 2.50. The highest BCUT2D eigenvalue weighted by atomic mass is 32.2. The van der Waals surface area contributed by atoms with Crippen LogP contribution in [0, 0.1) is 12.8 Å². The van der Waals surface area contributed by atoms with Gasteiger partial charge in [-0.25, -0.2) is 0 Å². The van der Waals surface area contributed by atoms with Crippen LogP contribution in [0.4, 0.5) is 5.69 Å². The van der Waals surface area contributed by atoms with Crippen LogP contribution < -0.4 is 11.1 Å². The highest BCUT2D eigenvalue weighted by Gasteiger charge is 2.11. The lowest BCUT2D eigenvalue weighted by Gasteiger charge is -2.17. The lowest BCUT2D eigenvalue weighted by atomic mass is 10.1. The number of thioether (sulfide) groups is 1. The first-order valence-electron chi connectivity index (χ1n) is 6.19. The largest absolute Gasteiger partial charge is 0.398 e. The van der Waals surface area contributed by atoms with Crippen molar-refractivity contribution in [1.82, 2.24) is 5.32 Å². The van der Waals surface area contributed by atoms with Gasteiger partial charge in [0.15, 0.2) is 0 Å². The van der Waals surface area contributed by atoms with Crippen molar-refractivity contribution in [3.63, 3.8) is 0 Å². The Hall–Kier alpha value is -1.16. The van der Waals surface area contributed by atoms with Crippen LogP contribution in [0.15, 0.2) is 23.1 Å². The lowest BCUT2D eigenvalue weighted by Crippen LogP contribution is -2.37. The molecule has 100 valence electrons. The molecule has 3 N–H and O–H groups in total. The predicted octanol–water partition coefficient (Wildman–Crippen LogP) is 2.83. The van der Waals surface area contributed by atoms with Crippen molar-refractivity contribution in [3.8, 4) is 0 Å². The highest BCUT2D eigenvalue weighted by Crippen LogP contribution is 2.25. The number of hydrogen-bond donors (Lipinski definition) is 2. The van der Waals surface area contributed by atoms with E-state index in [1.165, 1.54) is 11.8 Å². The molecule has 0 spiro atoms. The normalized spacial score (nSPS) is 12.5. The van der Waals surface area contributed by atoms with Crippen molar-refractivity contribution >= 4 is 23.4 Å². The summed E-state index contributed by atoms with van der Waals surface area (Å²) < 4.78 is 0. The molecule has 0 aromatic heterocycles. The quantitative estimate of drug-likeness (QED) is 0.636. The van der Waals surface area contributed by atoms with Crippen molar-refractivity contribution in [3.05, 3.63) is 23.8 Å². The third kappa shape index (κ3) is 4.26. The van der Waals surface area contributed by atoms with Crippen LogP contribution >= 0.6 is 11.8 Å². The van der Waals surface area contributed by atoms with Gasteiger partial charge < -0.3 is 11.1 Å². The average molecular weight is 266 g/mol. The number of carbonyl (C=O) groups excluding carboxylic acids is 1. The molecule has 1 rings (SSSR count). The maximum absolute atomic E-state index is 11.8. The van der Waals surface area contributed by atoms with E-state index < -0.39 is 0 Å². The van der Waals surface area contributed by atoms with Gasteiger partial charge in [0, 0.05) is 16.6 Å². The number of hydrogen-bond acceptors (Lipinski definition) is 3. The van der Waals surface area contributed by atoms with Crippen molar-refractivity contribution in [2.75, 3.05) is 11.5 Å². The summed E-state index contributed by atoms with van der Waals surface area (Å²) in [6.45, 7) is 8.20. The van der Waals surface area contributed by atoms with E-state index >= 15 is 0 Å². The van der Waals surface area contributed by atoms with Gasteiger partial charge in [0.1, 0.15) is 0 Å². The van der Waals surface area contributed by atoms with Gasteiger partial charge in [-0.1, -0.05) is 19.9 Å². The SMILES string of the molecule is Cc1c(N)cccc1SCC(=O)NC(C)C(C)C. The number of benzene rings is 1. The monoisotopic (exact) mass is 266 g/mol. The molecule has 0 saturated carbocycles. The molecule has 4 heteroatoms. The second-order valence-corrected chi connectivity index (χ2v) is 5.88. The number of carbonyl (C=O) groups is 1. The van der Waals surface area contributed by atoms with Crippen LogP contribution in [0.2, 0.25) is 0 Å². The Labute approximate surface area is 114 Å². The zero-order chi connectivity index (χ0) is 13.7. The third-order valence-corrected chi connectivity index (χ3v) is 4.23. The molecule has 0 aliphatic heterocycles. The number of amides is 1. The molecule has 0 fully saturated rings. The minimum Gasteiger partial charge on any atom is -0.398 e. The van der Waals surface area contributed by atoms with Crippen LogP contribution in [-0.4, -0.2) is 17.7 Å². The van der Waals surface area contributed by atoms with E-state index in [4.69, 9.17) is 5.73 Å². The minimum absolute atomic E-state index is 0.0722. The predicted molar refractivity (Wildman–Crippen MR) is 78.8 cm³/mol. The molecule has 1 aromatic carbocycles. The van der Waals surface area contributed by atoms with Crippen molar-refractivity contribution in [2.45, 2.75) is 38.6 Å². The fourth-order valence-electron chi connectivity index (χ4n) is 1.39. The van der Waals surface area contributed by atoms with Gasteiger partial charge in [-0.2, -0.15) is 0 Å². The van der Waals surface area contributed by atoms with Crippen LogP contribution in [-0.2, 0) is 4.79 Å². The van der Waals surface area contributed by atoms with Crippen LogP contribution in [0.1, 0.15) is 26.3 Å². The molecular formula is C14H22N2OS. The van der Waals surface area contributed by atoms with Gasteiger partial charge in [-0.15, -0.1) is 11.8 Å². The first-order valence-corrected chi connectivity index (χ1v) is 7.17. The summed E-state index contributed by atoms with van der Waals surface area (Å²) >= 11 is 1.53. The second kappa shape index (κ2) is 6.69. The molecule has 0 radical (unpaired) electrons. The molecule has 0 aliphatic carbocycles. The van der Waals surface area contributed by atoms with Gasteiger partial charge in [0.25, 0.3) is 0 Å². The molecule has 18 heavy (non-hydrogen) atoms. The van der Waals surface area contributed by atoms with Gasteiger partial charge in [0.05, 0.1) is 5.75 Å². The summed E-state index contributed by atoms with van der Waals surface area (Å²) in [4.78, 5) is 12.8. The average Bonchev–Trinajstić information content (AvgIpc) is 2.31. The Morgan fingerprint density at radius 3 is 2.67 bits per heavy atom. The molecule has 0 bridgehead atoms. The van der Waals surface area contributed by atoms with Gasteiger partial charge in [-0.05, 0) is 37.5 Å². The summed E-state index contributed by atoms with van der Waals surface area (Å²) in [5.41, 5.74) is 7.66. The van der Waals surface area contributed by atoms with E-state index in [2.05, 4.69) is 19.2 Å². The zero-order valence-corrected chi connectivity index (χ0v) is 12.3. The number of nitrogens with two attached hydrogens (primary N) is 1. The molecule has 1 unspecified atom stereocenters. The molecule has 3 nitrogen and oxygen atoms in total. The van der Waals surface area contributed by atoms with E-state index in [9.17, 15) is 4.79 Å². The fraction of sp³-hybridized carbons (Fsp3) is 0.500. The molecule has 0 heterocycles. The minimum atomic E-state index is 0.0722. The number of anilines is 1. The molecule has 1 atom stereocenters. The summed E-state index contributed by atoms with van der Waals surface area (Å²) in [5.74, 6) is 0.956. The van der Waals surface area contributed by atoms with Crippen molar-refractivity contribution in [2.24, 2.45) is 5.92 Å². The smallest absolute Gasteiger partial charge is 0.230 e. The van der Waals surface area contributed by atoms with E-state index in [0.29, 0.717) is 11.7 Å². The third-order valence-electron chi connectivity index (χ3n) is 3.07. The molecule has 1 amide bonds. The summed E-state index contributed by atoms with van der Waals surface area (Å²) in [7, 11) is 0. The first kappa shape index (κ1) is 14.9. The maximum Gasteiger partial charge on any atom is 0.230 e. The number of nitrogens with one attached hydrogen (secondary N) is 1. The van der Waals surface area contributed by atoms with Gasteiger partial charge in [0.2, 0.25) is 5.91 Å². The lowest BCUT2D eigenvalue weighted by molar-refractivity contribution is -0.119. The second-order valence-electron chi connectivity index (χ2n) is 4.86. The topological polar surface area (TPSA) is 55.1 Å².